The fraction of sp³-hybridized carbons (Fsp3) is 0.122. The lowest BCUT2D eigenvalue weighted by Crippen LogP contribution is -2.25. The summed E-state index contributed by atoms with van der Waals surface area (Å²) in [7, 11) is 4.51. The number of aromatic carboxylic acids is 1. The van der Waals surface area contributed by atoms with Gasteiger partial charge in [-0.15, -0.1) is 5.10 Å². The lowest BCUT2D eigenvalue weighted by molar-refractivity contribution is -0.117. The number of carboxylic acid groups (broad SMARTS) is 1. The maximum atomic E-state index is 13.1. The van der Waals surface area contributed by atoms with Crippen molar-refractivity contribution in [3.8, 4) is 34.8 Å². The van der Waals surface area contributed by atoms with Gasteiger partial charge >= 0.3 is 5.97 Å². The smallest absolute Gasteiger partial charge is 0.337 e. The Morgan fingerprint density at radius 1 is 0.682 bits per heavy atom. The minimum Gasteiger partial charge on any atom is -0.493 e. The number of amides is 4. The van der Waals surface area contributed by atoms with Crippen molar-refractivity contribution in [3.05, 3.63) is 161 Å². The Balaban J connectivity index is 1.01. The van der Waals surface area contributed by atoms with Crippen molar-refractivity contribution in [1.82, 2.24) is 20.3 Å². The van der Waals surface area contributed by atoms with Gasteiger partial charge in [0.2, 0.25) is 17.7 Å². The van der Waals surface area contributed by atoms with Gasteiger partial charge in [0, 0.05) is 23.4 Å². The van der Waals surface area contributed by atoms with Crippen LogP contribution in [0.5, 0.6) is 23.0 Å². The Kier molecular flexibility index (Phi) is 16.0. The van der Waals surface area contributed by atoms with Crippen molar-refractivity contribution in [1.29, 1.82) is 0 Å². The molecule has 1 aromatic heterocycles. The summed E-state index contributed by atoms with van der Waals surface area (Å²) in [6.07, 6.45) is 7.27. The third-order valence-corrected chi connectivity index (χ3v) is 9.28. The van der Waals surface area contributed by atoms with E-state index in [0.717, 1.165) is 0 Å². The number of para-hydroxylation sites is 2. The molecule has 17 heteroatoms. The predicted octanol–water partition coefficient (Wildman–Crippen LogP) is 6.31. The van der Waals surface area contributed by atoms with Crippen LogP contribution in [-0.4, -0.2) is 77.6 Å². The van der Waals surface area contributed by atoms with E-state index in [9.17, 15) is 29.1 Å². The number of nitrogens with zero attached hydrogens (tertiary/aromatic N) is 3. The lowest BCUT2D eigenvalue weighted by atomic mass is 10.1. The molecule has 334 valence electrons. The number of aromatic nitrogens is 3. The maximum absolute atomic E-state index is 13.1. The summed E-state index contributed by atoms with van der Waals surface area (Å²) >= 11 is 0. The zero-order chi connectivity index (χ0) is 46.8. The summed E-state index contributed by atoms with van der Waals surface area (Å²) in [4.78, 5) is 63.3. The first-order valence-corrected chi connectivity index (χ1v) is 20.0. The molecule has 0 atom stereocenters. The minimum absolute atomic E-state index is 0.00733. The zero-order valence-corrected chi connectivity index (χ0v) is 35.9. The third-order valence-electron chi connectivity index (χ3n) is 9.28. The van der Waals surface area contributed by atoms with Gasteiger partial charge in [0.1, 0.15) is 18.8 Å². The van der Waals surface area contributed by atoms with Crippen molar-refractivity contribution in [3.63, 3.8) is 0 Å². The van der Waals surface area contributed by atoms with Gasteiger partial charge < -0.3 is 45.3 Å². The van der Waals surface area contributed by atoms with E-state index in [1.165, 1.54) is 62.4 Å². The van der Waals surface area contributed by atoms with E-state index in [4.69, 9.17) is 18.9 Å². The molecule has 4 amide bonds. The molecule has 0 unspecified atom stereocenters. The van der Waals surface area contributed by atoms with Crippen LogP contribution in [0.3, 0.4) is 0 Å². The molecule has 0 bridgehead atoms. The molecule has 17 nitrogen and oxygen atoms in total. The number of methoxy groups -OCH3 is 3. The topological polar surface area (TPSA) is 221 Å². The van der Waals surface area contributed by atoms with E-state index in [1.54, 1.807) is 85.1 Å². The predicted molar refractivity (Wildman–Crippen MR) is 246 cm³/mol. The van der Waals surface area contributed by atoms with Crippen LogP contribution in [0.25, 0.3) is 12.2 Å². The highest BCUT2D eigenvalue weighted by Gasteiger charge is 2.15. The Morgan fingerprint density at radius 2 is 1.32 bits per heavy atom. The van der Waals surface area contributed by atoms with Crippen LogP contribution in [0.15, 0.2) is 128 Å². The van der Waals surface area contributed by atoms with Crippen LogP contribution in [0.2, 0.25) is 0 Å². The fourth-order valence-corrected chi connectivity index (χ4v) is 6.13. The molecule has 0 aliphatic carbocycles. The molecule has 0 aliphatic rings. The summed E-state index contributed by atoms with van der Waals surface area (Å²) < 4.78 is 23.3. The standard InChI is InChI=1S/C49H43N7O10/c1-63-41-21-16-33(27-43(41)64-2)18-23-45(57)52-39-14-8-7-13-37(39)48(60)50-25-9-10-32-15-20-38(49(61)62)40(26-32)53-46(58)24-19-34-17-22-42(44(28-34)65-3)66-31-36-29-56(55-54-36)30-47(59)51-35-11-5-4-6-12-35/h4-8,11-24,26-29H,25,30-31H2,1-3H3,(H,50,60)(H,51,59)(H,52,57)(H,53,58)(H,61,62)/b23-18+,24-19+. The molecule has 5 N–H and O–H groups in total. The third kappa shape index (κ3) is 13.2. The fourth-order valence-electron chi connectivity index (χ4n) is 6.13. The van der Waals surface area contributed by atoms with Gasteiger partial charge in [-0.2, -0.15) is 0 Å². The minimum atomic E-state index is -1.26. The number of carboxylic acids is 1. The largest absolute Gasteiger partial charge is 0.493 e. The van der Waals surface area contributed by atoms with E-state index in [1.807, 2.05) is 18.2 Å². The normalized spacial score (nSPS) is 10.7. The second-order valence-electron chi connectivity index (χ2n) is 13.9. The first kappa shape index (κ1) is 46.3. The lowest BCUT2D eigenvalue weighted by Gasteiger charge is -2.10. The number of hydrogen-bond acceptors (Lipinski definition) is 11. The Labute approximate surface area is 379 Å². The molecule has 6 aromatic rings. The van der Waals surface area contributed by atoms with E-state index >= 15 is 0 Å². The number of ether oxygens (including phenoxy) is 4. The first-order valence-electron chi connectivity index (χ1n) is 20.0. The van der Waals surface area contributed by atoms with E-state index in [0.29, 0.717) is 51.1 Å². The molecular weight excluding hydrogens is 847 g/mol. The van der Waals surface area contributed by atoms with Crippen molar-refractivity contribution in [2.45, 2.75) is 13.2 Å². The number of anilines is 3. The highest BCUT2D eigenvalue weighted by Crippen LogP contribution is 2.30. The zero-order valence-electron chi connectivity index (χ0n) is 35.9. The number of benzene rings is 5. The molecule has 0 radical (unpaired) electrons. The Morgan fingerprint density at radius 3 is 2.00 bits per heavy atom. The Bertz CT molecular complexity index is 2860. The Hall–Kier alpha value is -9.17. The number of carbonyl (C=O) groups excluding carboxylic acids is 4. The van der Waals surface area contributed by atoms with Crippen LogP contribution in [0, 0.1) is 11.8 Å². The monoisotopic (exact) mass is 889 g/mol. The molecule has 0 saturated heterocycles. The summed E-state index contributed by atoms with van der Waals surface area (Å²) in [5.41, 5.74) is 3.14. The number of rotatable bonds is 18. The van der Waals surface area contributed by atoms with Crippen LogP contribution in [0.4, 0.5) is 17.1 Å². The molecule has 6 rings (SSSR count). The van der Waals surface area contributed by atoms with Crippen molar-refractivity contribution in [2.24, 2.45) is 0 Å². The van der Waals surface area contributed by atoms with Gasteiger partial charge in [0.25, 0.3) is 5.91 Å². The molecule has 0 spiro atoms. The van der Waals surface area contributed by atoms with E-state index < -0.39 is 23.7 Å². The van der Waals surface area contributed by atoms with Gasteiger partial charge in [-0.05, 0) is 90.0 Å². The summed E-state index contributed by atoms with van der Waals surface area (Å²) in [5, 5.41) is 28.7. The van der Waals surface area contributed by atoms with Gasteiger partial charge in [-0.1, -0.05) is 59.5 Å². The maximum Gasteiger partial charge on any atom is 0.337 e. The molecule has 5 aromatic carbocycles. The van der Waals surface area contributed by atoms with Crippen molar-refractivity contribution in [2.75, 3.05) is 43.8 Å². The van der Waals surface area contributed by atoms with Gasteiger partial charge in [0.15, 0.2) is 23.0 Å². The van der Waals surface area contributed by atoms with Gasteiger partial charge in [-0.3, -0.25) is 19.2 Å². The van der Waals surface area contributed by atoms with Crippen LogP contribution < -0.4 is 40.2 Å². The van der Waals surface area contributed by atoms with E-state index in [2.05, 4.69) is 43.4 Å². The second-order valence-corrected chi connectivity index (χ2v) is 13.9. The van der Waals surface area contributed by atoms with Crippen LogP contribution >= 0.6 is 0 Å². The summed E-state index contributed by atoms with van der Waals surface area (Å²) in [6.45, 7) is -0.0862. The number of nitrogens with one attached hydrogen (secondary N) is 4. The van der Waals surface area contributed by atoms with E-state index in [-0.39, 0.29) is 48.1 Å². The van der Waals surface area contributed by atoms with Crippen molar-refractivity contribution < 1.29 is 48.0 Å². The quantitative estimate of drug-likeness (QED) is 0.0474. The first-order chi connectivity index (χ1) is 32.0. The highest BCUT2D eigenvalue weighted by atomic mass is 16.5. The SMILES string of the molecule is COc1ccc(/C=C/C(=O)Nc2ccccc2C(=O)NCC#Cc2ccc(C(=O)O)c(NC(=O)/C=C/c3ccc(OCc4cn(CC(=O)Nc5ccccc5)nn4)c(OC)c3)c2)cc1OC. The van der Waals surface area contributed by atoms with Crippen LogP contribution in [-0.2, 0) is 27.5 Å². The average molecular weight is 890 g/mol. The van der Waals surface area contributed by atoms with Crippen LogP contribution in [0.1, 0.15) is 43.1 Å². The molecule has 0 fully saturated rings. The summed E-state index contributed by atoms with van der Waals surface area (Å²) in [6, 6.07) is 30.0. The average Bonchev–Trinajstić information content (AvgIpc) is 3.77. The van der Waals surface area contributed by atoms with Gasteiger partial charge in [-0.25, -0.2) is 9.48 Å². The highest BCUT2D eigenvalue weighted by molar-refractivity contribution is 6.08. The summed E-state index contributed by atoms with van der Waals surface area (Å²) in [5.74, 6) is 4.42. The molecule has 1 heterocycles. The van der Waals surface area contributed by atoms with Gasteiger partial charge in [0.05, 0.1) is 56.6 Å². The molecule has 0 aliphatic heterocycles. The van der Waals surface area contributed by atoms with Crippen molar-refractivity contribution >= 4 is 58.8 Å². The molecular formula is C49H43N7O10. The molecule has 66 heavy (non-hydrogen) atoms. The molecule has 0 saturated carbocycles. The number of carbonyl (C=O) groups is 5. The number of hydrogen-bond donors (Lipinski definition) is 5. The second kappa shape index (κ2) is 22.8.